The molecule has 0 aliphatic carbocycles. The van der Waals surface area contributed by atoms with Gasteiger partial charge in [0.25, 0.3) is 0 Å². The predicted molar refractivity (Wildman–Crippen MR) is 81.3 cm³/mol. The predicted octanol–water partition coefficient (Wildman–Crippen LogP) is 2.10. The zero-order chi connectivity index (χ0) is 13.3. The van der Waals surface area contributed by atoms with E-state index in [9.17, 15) is 0 Å². The topological polar surface area (TPSA) is 50.9 Å². The van der Waals surface area contributed by atoms with Crippen molar-refractivity contribution in [2.75, 3.05) is 30.1 Å². The van der Waals surface area contributed by atoms with E-state index >= 15 is 0 Å². The molecule has 1 unspecified atom stereocenters. The number of para-hydroxylation sites is 2. The Labute approximate surface area is 118 Å². The molecule has 5 heteroatoms. The third kappa shape index (κ3) is 2.06. The lowest BCUT2D eigenvalue weighted by molar-refractivity contribution is 0.407. The third-order valence-corrected chi connectivity index (χ3v) is 5.19. The molecule has 3 rings (SSSR count). The third-order valence-electron chi connectivity index (χ3n) is 3.87. The molecule has 1 saturated heterocycles. The lowest BCUT2D eigenvalue weighted by Gasteiger charge is -2.41. The van der Waals surface area contributed by atoms with Crippen molar-refractivity contribution in [3.8, 4) is 5.75 Å². The van der Waals surface area contributed by atoms with Crippen molar-refractivity contribution in [3.63, 3.8) is 0 Å². The summed E-state index contributed by atoms with van der Waals surface area (Å²) in [5.41, 5.74) is 7.23. The number of nitrogens with two attached hydrogens (primary N) is 1. The number of aliphatic imine (C=N–C) groups is 1. The Balaban J connectivity index is 2.02. The van der Waals surface area contributed by atoms with Crippen molar-refractivity contribution < 1.29 is 4.74 Å². The van der Waals surface area contributed by atoms with Gasteiger partial charge in [0.1, 0.15) is 5.75 Å². The smallest absolute Gasteiger partial charge is 0.196 e. The molecule has 102 valence electrons. The van der Waals surface area contributed by atoms with E-state index in [1.165, 1.54) is 12.2 Å². The number of rotatable bonds is 2. The first-order valence-electron chi connectivity index (χ1n) is 6.58. The van der Waals surface area contributed by atoms with E-state index in [1.54, 1.807) is 7.11 Å². The monoisotopic (exact) mass is 277 g/mol. The first kappa shape index (κ1) is 12.7. The Morgan fingerprint density at radius 2 is 2.26 bits per heavy atom. The minimum Gasteiger partial charge on any atom is -0.495 e. The van der Waals surface area contributed by atoms with Crippen LogP contribution in [0.5, 0.6) is 5.75 Å². The molecule has 19 heavy (non-hydrogen) atoms. The molecule has 2 aliphatic heterocycles. The summed E-state index contributed by atoms with van der Waals surface area (Å²) in [6.45, 7) is 0.796. The summed E-state index contributed by atoms with van der Waals surface area (Å²) in [5, 5.41) is 0. The Morgan fingerprint density at radius 3 is 3.00 bits per heavy atom. The molecule has 0 aromatic heterocycles. The summed E-state index contributed by atoms with van der Waals surface area (Å²) in [5.74, 6) is 3.79. The molecule has 2 heterocycles. The zero-order valence-electron chi connectivity index (χ0n) is 11.1. The number of hydrogen-bond acceptors (Lipinski definition) is 5. The molecule has 1 aromatic rings. The zero-order valence-corrected chi connectivity index (χ0v) is 11.9. The minimum atomic E-state index is 0.0433. The van der Waals surface area contributed by atoms with Crippen LogP contribution in [0.25, 0.3) is 0 Å². The Hall–Kier alpha value is -1.36. The molecule has 1 aromatic carbocycles. The first-order chi connectivity index (χ1) is 9.27. The lowest BCUT2D eigenvalue weighted by Crippen LogP contribution is -2.55. The second-order valence-corrected chi connectivity index (χ2v) is 6.17. The normalized spacial score (nSPS) is 26.6. The molecule has 2 aliphatic rings. The summed E-state index contributed by atoms with van der Waals surface area (Å²) in [6.07, 6.45) is 2.36. The van der Waals surface area contributed by atoms with E-state index < -0.39 is 0 Å². The molecular weight excluding hydrogens is 258 g/mol. The van der Waals surface area contributed by atoms with Crippen LogP contribution in [0.15, 0.2) is 29.3 Å². The molecule has 1 atom stereocenters. The van der Waals surface area contributed by atoms with Gasteiger partial charge in [-0.1, -0.05) is 12.1 Å². The molecule has 4 nitrogen and oxygen atoms in total. The number of benzene rings is 1. The quantitative estimate of drug-likeness (QED) is 0.899. The Bertz CT molecular complexity index is 497. The first-order valence-corrected chi connectivity index (χ1v) is 7.73. The number of thioether (sulfide) groups is 1. The maximum absolute atomic E-state index is 6.15. The van der Waals surface area contributed by atoms with E-state index in [4.69, 9.17) is 10.5 Å². The fourth-order valence-corrected chi connectivity index (χ4v) is 4.18. The molecule has 2 N–H and O–H groups in total. The maximum atomic E-state index is 6.15. The van der Waals surface area contributed by atoms with Crippen LogP contribution in [-0.4, -0.2) is 36.7 Å². The highest BCUT2D eigenvalue weighted by Gasteiger charge is 2.44. The SMILES string of the molecule is COc1ccccc1N1C(N)=NCC12CCCSC2. The van der Waals surface area contributed by atoms with E-state index in [2.05, 4.69) is 16.0 Å². The number of hydrogen-bond donors (Lipinski definition) is 1. The van der Waals surface area contributed by atoms with Gasteiger partial charge in [-0.2, -0.15) is 11.8 Å². The van der Waals surface area contributed by atoms with Crippen LogP contribution in [0.2, 0.25) is 0 Å². The minimum absolute atomic E-state index is 0.0433. The molecule has 1 spiro atoms. The van der Waals surface area contributed by atoms with Crippen LogP contribution in [0.3, 0.4) is 0 Å². The van der Waals surface area contributed by atoms with Crippen molar-refractivity contribution in [1.29, 1.82) is 0 Å². The largest absolute Gasteiger partial charge is 0.495 e. The van der Waals surface area contributed by atoms with Gasteiger partial charge in [0, 0.05) is 5.75 Å². The van der Waals surface area contributed by atoms with Gasteiger partial charge in [0.05, 0.1) is 24.9 Å². The number of guanidine groups is 1. The molecule has 0 saturated carbocycles. The second-order valence-electron chi connectivity index (χ2n) is 5.06. The summed E-state index contributed by atoms with van der Waals surface area (Å²) in [4.78, 5) is 6.69. The van der Waals surface area contributed by atoms with Gasteiger partial charge < -0.3 is 15.4 Å². The summed E-state index contributed by atoms with van der Waals surface area (Å²) >= 11 is 1.99. The number of methoxy groups -OCH3 is 1. The fraction of sp³-hybridized carbons (Fsp3) is 0.500. The van der Waals surface area contributed by atoms with Gasteiger partial charge in [0.15, 0.2) is 5.96 Å². The summed E-state index contributed by atoms with van der Waals surface area (Å²) in [7, 11) is 1.70. The van der Waals surface area contributed by atoms with Crippen molar-refractivity contribution in [3.05, 3.63) is 24.3 Å². The van der Waals surface area contributed by atoms with Crippen molar-refractivity contribution in [2.24, 2.45) is 10.7 Å². The molecule has 0 bridgehead atoms. The average molecular weight is 277 g/mol. The highest BCUT2D eigenvalue weighted by atomic mass is 32.2. The van der Waals surface area contributed by atoms with Crippen molar-refractivity contribution in [2.45, 2.75) is 18.4 Å². The van der Waals surface area contributed by atoms with Gasteiger partial charge in [-0.05, 0) is 30.7 Å². The van der Waals surface area contributed by atoms with E-state index in [1.807, 2.05) is 30.0 Å². The Kier molecular flexibility index (Phi) is 3.31. The fourth-order valence-electron chi connectivity index (χ4n) is 2.94. The second kappa shape index (κ2) is 4.96. The van der Waals surface area contributed by atoms with Crippen LogP contribution < -0.4 is 15.4 Å². The number of nitrogens with zero attached hydrogens (tertiary/aromatic N) is 2. The number of ether oxygens (including phenoxy) is 1. The van der Waals surface area contributed by atoms with Crippen molar-refractivity contribution >= 4 is 23.4 Å². The lowest BCUT2D eigenvalue weighted by atomic mass is 9.93. The van der Waals surface area contributed by atoms with E-state index in [-0.39, 0.29) is 5.54 Å². The van der Waals surface area contributed by atoms with Crippen molar-refractivity contribution in [1.82, 2.24) is 0 Å². The van der Waals surface area contributed by atoms with E-state index in [0.717, 1.165) is 30.2 Å². The average Bonchev–Trinajstić information content (AvgIpc) is 2.76. The van der Waals surface area contributed by atoms with Gasteiger partial charge >= 0.3 is 0 Å². The maximum Gasteiger partial charge on any atom is 0.196 e. The van der Waals surface area contributed by atoms with E-state index in [0.29, 0.717) is 5.96 Å². The standard InChI is InChI=1S/C14H19N3OS/c1-18-12-6-3-2-5-11(12)17-13(15)16-9-14(17)7-4-8-19-10-14/h2-3,5-6H,4,7-10H2,1H3,(H2,15,16). The van der Waals surface area contributed by atoms with Gasteiger partial charge in [0.2, 0.25) is 0 Å². The van der Waals surface area contributed by atoms with Gasteiger partial charge in [-0.15, -0.1) is 0 Å². The van der Waals surface area contributed by atoms with Crippen LogP contribution in [0.4, 0.5) is 5.69 Å². The number of anilines is 1. The van der Waals surface area contributed by atoms with Crippen LogP contribution in [0, 0.1) is 0 Å². The highest BCUT2D eigenvalue weighted by Crippen LogP contribution is 2.41. The highest BCUT2D eigenvalue weighted by molar-refractivity contribution is 7.99. The van der Waals surface area contributed by atoms with Gasteiger partial charge in [-0.25, -0.2) is 0 Å². The molecule has 0 radical (unpaired) electrons. The summed E-state index contributed by atoms with van der Waals surface area (Å²) < 4.78 is 5.48. The van der Waals surface area contributed by atoms with Crippen LogP contribution in [-0.2, 0) is 0 Å². The summed E-state index contributed by atoms with van der Waals surface area (Å²) in [6, 6.07) is 8.04. The molecular formula is C14H19N3OS. The van der Waals surface area contributed by atoms with Crippen LogP contribution in [0.1, 0.15) is 12.8 Å². The van der Waals surface area contributed by atoms with Crippen LogP contribution >= 0.6 is 11.8 Å². The molecule has 0 amide bonds. The molecule has 1 fully saturated rings. The Morgan fingerprint density at radius 1 is 1.42 bits per heavy atom. The van der Waals surface area contributed by atoms with Gasteiger partial charge in [-0.3, -0.25) is 4.99 Å².